The first-order valence-electron chi connectivity index (χ1n) is 6.65. The van der Waals surface area contributed by atoms with Gasteiger partial charge in [-0.1, -0.05) is 6.92 Å². The number of hydrogen-bond donors (Lipinski definition) is 2. The van der Waals surface area contributed by atoms with Crippen LogP contribution in [0, 0.1) is 11.6 Å². The minimum absolute atomic E-state index is 0.149. The molecule has 0 unspecified atom stereocenters. The van der Waals surface area contributed by atoms with Crippen molar-refractivity contribution in [3.05, 3.63) is 29.3 Å². The van der Waals surface area contributed by atoms with Crippen LogP contribution in [0.4, 0.5) is 8.78 Å². The zero-order valence-corrected chi connectivity index (χ0v) is 12.1. The quantitative estimate of drug-likeness (QED) is 0.757. The average Bonchev–Trinajstić information content (AvgIpc) is 3.16. The summed E-state index contributed by atoms with van der Waals surface area (Å²) in [6, 6.07) is 2.06. The molecule has 0 aliphatic heterocycles. The molecule has 1 aliphatic carbocycles. The Morgan fingerprint density at radius 1 is 1.30 bits per heavy atom. The van der Waals surface area contributed by atoms with Crippen molar-refractivity contribution >= 4 is 10.0 Å². The Kier molecular flexibility index (Phi) is 4.72. The highest BCUT2D eigenvalue weighted by Crippen LogP contribution is 2.25. The molecule has 112 valence electrons. The lowest BCUT2D eigenvalue weighted by Gasteiger charge is -2.10. The normalized spacial score (nSPS) is 15.6. The van der Waals surface area contributed by atoms with E-state index in [1.165, 1.54) is 6.07 Å². The van der Waals surface area contributed by atoms with Crippen LogP contribution >= 0.6 is 0 Å². The van der Waals surface area contributed by atoms with Crippen molar-refractivity contribution < 1.29 is 17.2 Å². The van der Waals surface area contributed by atoms with E-state index in [1.54, 1.807) is 0 Å². The zero-order valence-electron chi connectivity index (χ0n) is 11.2. The summed E-state index contributed by atoms with van der Waals surface area (Å²) in [6.07, 6.45) is 2.38. The molecule has 0 amide bonds. The van der Waals surface area contributed by atoms with Crippen LogP contribution < -0.4 is 10.0 Å². The first kappa shape index (κ1) is 15.3. The van der Waals surface area contributed by atoms with Crippen LogP contribution in [-0.2, 0) is 16.6 Å². The van der Waals surface area contributed by atoms with Gasteiger partial charge in [0.25, 0.3) is 0 Å². The van der Waals surface area contributed by atoms with Gasteiger partial charge in [-0.3, -0.25) is 0 Å². The van der Waals surface area contributed by atoms with E-state index in [2.05, 4.69) is 10.0 Å². The van der Waals surface area contributed by atoms with Crippen molar-refractivity contribution in [2.24, 2.45) is 0 Å². The minimum atomic E-state index is -4.00. The van der Waals surface area contributed by atoms with Gasteiger partial charge in [-0.25, -0.2) is 21.9 Å². The molecule has 0 spiro atoms. The fourth-order valence-electron chi connectivity index (χ4n) is 1.81. The predicted molar refractivity (Wildman–Crippen MR) is 71.7 cm³/mol. The summed E-state index contributed by atoms with van der Waals surface area (Å²) in [6.45, 7) is 3.01. The van der Waals surface area contributed by atoms with E-state index in [1.807, 2.05) is 6.92 Å². The van der Waals surface area contributed by atoms with E-state index in [4.69, 9.17) is 0 Å². The molecule has 0 heterocycles. The van der Waals surface area contributed by atoms with Crippen molar-refractivity contribution in [2.45, 2.75) is 43.7 Å². The van der Waals surface area contributed by atoms with Crippen molar-refractivity contribution in [3.63, 3.8) is 0 Å². The number of benzene rings is 1. The Morgan fingerprint density at radius 2 is 2.00 bits per heavy atom. The van der Waals surface area contributed by atoms with Gasteiger partial charge in [0.1, 0.15) is 4.90 Å². The van der Waals surface area contributed by atoms with Crippen molar-refractivity contribution in [3.8, 4) is 0 Å². The highest BCUT2D eigenvalue weighted by molar-refractivity contribution is 7.89. The van der Waals surface area contributed by atoms with Crippen LogP contribution in [0.5, 0.6) is 0 Å². The summed E-state index contributed by atoms with van der Waals surface area (Å²) in [5, 5.41) is 3.03. The summed E-state index contributed by atoms with van der Waals surface area (Å²) < 4.78 is 53.6. The molecule has 2 rings (SSSR count). The third-order valence-electron chi connectivity index (χ3n) is 3.00. The summed E-state index contributed by atoms with van der Waals surface area (Å²) in [4.78, 5) is -0.613. The first-order valence-corrected chi connectivity index (χ1v) is 8.13. The monoisotopic (exact) mass is 304 g/mol. The summed E-state index contributed by atoms with van der Waals surface area (Å²) in [5.41, 5.74) is 0.411. The third-order valence-corrected chi connectivity index (χ3v) is 4.52. The molecule has 1 aliphatic rings. The Hall–Kier alpha value is -1.05. The Balaban J connectivity index is 2.26. The van der Waals surface area contributed by atoms with Crippen molar-refractivity contribution in [1.82, 2.24) is 10.0 Å². The maximum atomic E-state index is 13.7. The van der Waals surface area contributed by atoms with Crippen LogP contribution in [0.1, 0.15) is 31.7 Å². The maximum Gasteiger partial charge on any atom is 0.243 e. The molecule has 0 saturated heterocycles. The van der Waals surface area contributed by atoms with Gasteiger partial charge >= 0.3 is 0 Å². The standard InChI is InChI=1S/C13H18F2N2O2S/c1-2-5-16-8-9-6-11(14)13(15)12(7-9)20(18,19)17-10-3-4-10/h6-7,10,16-17H,2-5,8H2,1H3. The van der Waals surface area contributed by atoms with Crippen LogP contribution in [0.25, 0.3) is 0 Å². The molecule has 0 bridgehead atoms. The lowest BCUT2D eigenvalue weighted by Crippen LogP contribution is -2.27. The number of rotatable bonds is 7. The lowest BCUT2D eigenvalue weighted by molar-refractivity contribution is 0.480. The summed E-state index contributed by atoms with van der Waals surface area (Å²) in [5.74, 6) is -2.46. The molecule has 0 atom stereocenters. The second-order valence-electron chi connectivity index (χ2n) is 4.96. The van der Waals surface area contributed by atoms with Crippen LogP contribution in [0.15, 0.2) is 17.0 Å². The van der Waals surface area contributed by atoms with E-state index in [0.29, 0.717) is 12.1 Å². The molecule has 20 heavy (non-hydrogen) atoms. The maximum absolute atomic E-state index is 13.7. The highest BCUT2D eigenvalue weighted by atomic mass is 32.2. The smallest absolute Gasteiger partial charge is 0.243 e. The van der Waals surface area contributed by atoms with Gasteiger partial charge in [0.05, 0.1) is 0 Å². The topological polar surface area (TPSA) is 58.2 Å². The van der Waals surface area contributed by atoms with E-state index in [0.717, 1.165) is 31.9 Å². The van der Waals surface area contributed by atoms with Gasteiger partial charge in [0.15, 0.2) is 11.6 Å². The van der Waals surface area contributed by atoms with E-state index >= 15 is 0 Å². The molecule has 7 heteroatoms. The molecule has 1 aromatic rings. The number of sulfonamides is 1. The van der Waals surface area contributed by atoms with Crippen LogP contribution in [0.3, 0.4) is 0 Å². The fraction of sp³-hybridized carbons (Fsp3) is 0.538. The molecular formula is C13H18F2N2O2S. The van der Waals surface area contributed by atoms with E-state index in [9.17, 15) is 17.2 Å². The molecule has 0 aromatic heterocycles. The summed E-state index contributed by atoms with van der Waals surface area (Å²) >= 11 is 0. The molecule has 1 saturated carbocycles. The number of halogens is 2. The van der Waals surface area contributed by atoms with Gasteiger partial charge in [0, 0.05) is 12.6 Å². The fourth-order valence-corrected chi connectivity index (χ4v) is 3.25. The highest BCUT2D eigenvalue weighted by Gasteiger charge is 2.30. The molecule has 1 fully saturated rings. The van der Waals surface area contributed by atoms with E-state index < -0.39 is 26.6 Å². The Labute approximate surface area is 117 Å². The first-order chi connectivity index (χ1) is 9.44. The lowest BCUT2D eigenvalue weighted by atomic mass is 10.2. The van der Waals surface area contributed by atoms with Gasteiger partial charge < -0.3 is 5.32 Å². The molecular weight excluding hydrogens is 286 g/mol. The molecule has 1 aromatic carbocycles. The third kappa shape index (κ3) is 3.74. The Morgan fingerprint density at radius 3 is 2.60 bits per heavy atom. The summed E-state index contributed by atoms with van der Waals surface area (Å²) in [7, 11) is -4.00. The largest absolute Gasteiger partial charge is 0.313 e. The van der Waals surface area contributed by atoms with Gasteiger partial charge in [-0.2, -0.15) is 0 Å². The molecule has 4 nitrogen and oxygen atoms in total. The minimum Gasteiger partial charge on any atom is -0.313 e. The molecule has 0 radical (unpaired) electrons. The Bertz CT molecular complexity index is 586. The number of hydrogen-bond acceptors (Lipinski definition) is 3. The number of nitrogens with one attached hydrogen (secondary N) is 2. The predicted octanol–water partition coefficient (Wildman–Crippen LogP) is 1.91. The van der Waals surface area contributed by atoms with Gasteiger partial charge in [-0.05, 0) is 43.5 Å². The molecule has 2 N–H and O–H groups in total. The van der Waals surface area contributed by atoms with Crippen LogP contribution in [0.2, 0.25) is 0 Å². The van der Waals surface area contributed by atoms with E-state index in [-0.39, 0.29) is 6.04 Å². The van der Waals surface area contributed by atoms with Gasteiger partial charge in [-0.15, -0.1) is 0 Å². The second-order valence-corrected chi connectivity index (χ2v) is 6.64. The second kappa shape index (κ2) is 6.15. The van der Waals surface area contributed by atoms with Crippen molar-refractivity contribution in [2.75, 3.05) is 6.54 Å². The van der Waals surface area contributed by atoms with Crippen molar-refractivity contribution in [1.29, 1.82) is 0 Å². The zero-order chi connectivity index (χ0) is 14.8. The van der Waals surface area contributed by atoms with Crippen LogP contribution in [-0.4, -0.2) is 21.0 Å². The van der Waals surface area contributed by atoms with Gasteiger partial charge in [0.2, 0.25) is 10.0 Å². The SMILES string of the molecule is CCCNCc1cc(F)c(F)c(S(=O)(=O)NC2CC2)c1. The average molecular weight is 304 g/mol.